The van der Waals surface area contributed by atoms with E-state index in [0.29, 0.717) is 0 Å². The van der Waals surface area contributed by atoms with Gasteiger partial charge in [-0.1, -0.05) is 0 Å². The first kappa shape index (κ1) is 6.14. The summed E-state index contributed by atoms with van der Waals surface area (Å²) in [5.74, 6) is 0. The summed E-state index contributed by atoms with van der Waals surface area (Å²) in [4.78, 5) is 0. The Balaban J connectivity index is 2.34. The summed E-state index contributed by atoms with van der Waals surface area (Å²) in [6, 6.07) is 0. The minimum atomic E-state index is -0.578. The molecule has 0 rings (SSSR count). The summed E-state index contributed by atoms with van der Waals surface area (Å²) < 4.78 is 9.60. The summed E-state index contributed by atoms with van der Waals surface area (Å²) in [6.07, 6.45) is 0. The molecule has 0 spiro atoms. The Kier molecular flexibility index (Phi) is 5.25. The quantitative estimate of drug-likeness (QED) is 0.362. The molecule has 0 aromatic heterocycles. The largest absolute Gasteiger partial charge is 0.402 e. The normalized spacial score (nSPS) is 11.0. The summed E-state index contributed by atoms with van der Waals surface area (Å²) in [5.41, 5.74) is 0. The van der Waals surface area contributed by atoms with Gasteiger partial charge >= 0.3 is 10.0 Å². The number of rotatable bonds is 3. The molecule has 0 atom stereocenters. The molecule has 0 bridgehead atoms. The first-order valence-electron chi connectivity index (χ1n) is 1.98. The lowest BCUT2D eigenvalue weighted by Crippen LogP contribution is -1.98. The van der Waals surface area contributed by atoms with E-state index in [1.165, 1.54) is 0 Å². The van der Waals surface area contributed by atoms with Gasteiger partial charge in [-0.3, -0.25) is 0 Å². The van der Waals surface area contributed by atoms with E-state index in [1.807, 2.05) is 6.92 Å². The van der Waals surface area contributed by atoms with E-state index in [4.69, 9.17) is 8.85 Å². The predicted octanol–water partition coefficient (Wildman–Crippen LogP) is -0.332. The summed E-state index contributed by atoms with van der Waals surface area (Å²) >= 11 is 0. The predicted molar refractivity (Wildman–Crippen MR) is 27.2 cm³/mol. The fourth-order valence-electron chi connectivity index (χ4n) is 0.167. The van der Waals surface area contributed by atoms with Crippen LogP contribution in [0.2, 0.25) is 0 Å². The zero-order chi connectivity index (χ0) is 4.83. The molecule has 0 saturated carbocycles. The molecule has 0 aliphatic carbocycles. The first-order valence-corrected chi connectivity index (χ1v) is 3.14. The molecule has 2 nitrogen and oxygen atoms in total. The van der Waals surface area contributed by atoms with Gasteiger partial charge in [-0.2, -0.15) is 0 Å². The molecule has 0 aromatic rings. The van der Waals surface area contributed by atoms with Crippen LogP contribution in [0.15, 0.2) is 0 Å². The standard InChI is InChI=1S/C3H10O2Si/c1-3-5-6-4-2/h3,6H2,1-2H3. The van der Waals surface area contributed by atoms with Gasteiger partial charge in [0.1, 0.15) is 0 Å². The van der Waals surface area contributed by atoms with Crippen molar-refractivity contribution in [2.45, 2.75) is 6.92 Å². The van der Waals surface area contributed by atoms with Crippen LogP contribution < -0.4 is 0 Å². The number of hydrogen-bond acceptors (Lipinski definition) is 2. The number of hydrogen-bond donors (Lipinski definition) is 0. The van der Waals surface area contributed by atoms with Gasteiger partial charge in [0.05, 0.1) is 0 Å². The Labute approximate surface area is 40.5 Å². The third-order valence-corrected chi connectivity index (χ3v) is 1.22. The van der Waals surface area contributed by atoms with Gasteiger partial charge in [-0.15, -0.1) is 0 Å². The highest BCUT2D eigenvalue weighted by molar-refractivity contribution is 6.17. The minimum absolute atomic E-state index is 0.578. The maximum Gasteiger partial charge on any atom is 0.304 e. The Bertz CT molecular complexity index is 20.8. The van der Waals surface area contributed by atoms with Crippen molar-refractivity contribution in [3.63, 3.8) is 0 Å². The lowest BCUT2D eigenvalue weighted by atomic mass is 10.9. The molecule has 0 aromatic carbocycles. The lowest BCUT2D eigenvalue weighted by molar-refractivity contribution is 0.269. The highest BCUT2D eigenvalue weighted by Gasteiger charge is 1.74. The molecule has 0 aliphatic heterocycles. The van der Waals surface area contributed by atoms with Crippen LogP contribution in [-0.2, 0) is 8.85 Å². The molecule has 0 unspecified atom stereocenters. The fraction of sp³-hybridized carbons (Fsp3) is 1.00. The third-order valence-electron chi connectivity index (χ3n) is 0.405. The molecular weight excluding hydrogens is 96.1 g/mol. The average molecular weight is 106 g/mol. The highest BCUT2D eigenvalue weighted by Crippen LogP contribution is 1.64. The van der Waals surface area contributed by atoms with Crippen LogP contribution in [-0.4, -0.2) is 23.7 Å². The fourth-order valence-corrected chi connectivity index (χ4v) is 0.500. The van der Waals surface area contributed by atoms with Crippen molar-refractivity contribution in [3.05, 3.63) is 0 Å². The van der Waals surface area contributed by atoms with Gasteiger partial charge in [0.25, 0.3) is 0 Å². The maximum atomic E-state index is 4.90. The zero-order valence-corrected chi connectivity index (χ0v) is 5.64. The summed E-state index contributed by atoms with van der Waals surface area (Å²) in [7, 11) is 1.09. The second-order valence-corrected chi connectivity index (χ2v) is 2.12. The van der Waals surface area contributed by atoms with Gasteiger partial charge in [0.2, 0.25) is 0 Å². The van der Waals surface area contributed by atoms with Crippen LogP contribution in [0.5, 0.6) is 0 Å². The molecule has 0 radical (unpaired) electrons. The molecule has 3 heteroatoms. The topological polar surface area (TPSA) is 18.5 Å². The van der Waals surface area contributed by atoms with E-state index in [1.54, 1.807) is 7.11 Å². The van der Waals surface area contributed by atoms with Crippen LogP contribution >= 0.6 is 0 Å². The van der Waals surface area contributed by atoms with Crippen molar-refractivity contribution >= 4 is 10.0 Å². The van der Waals surface area contributed by atoms with E-state index in [2.05, 4.69) is 0 Å². The highest BCUT2D eigenvalue weighted by atomic mass is 28.3. The summed E-state index contributed by atoms with van der Waals surface area (Å²) in [6.45, 7) is 2.76. The van der Waals surface area contributed by atoms with Crippen LogP contribution in [0.4, 0.5) is 0 Å². The Hall–Kier alpha value is 0.137. The SMILES string of the molecule is CCO[SiH2]OC. The van der Waals surface area contributed by atoms with Crippen molar-refractivity contribution in [1.29, 1.82) is 0 Å². The van der Waals surface area contributed by atoms with Crippen LogP contribution in [0.3, 0.4) is 0 Å². The van der Waals surface area contributed by atoms with Crippen molar-refractivity contribution in [2.24, 2.45) is 0 Å². The third kappa shape index (κ3) is 4.14. The van der Waals surface area contributed by atoms with E-state index in [0.717, 1.165) is 6.61 Å². The van der Waals surface area contributed by atoms with Crippen LogP contribution in [0, 0.1) is 0 Å². The van der Waals surface area contributed by atoms with E-state index >= 15 is 0 Å². The molecular formula is C3H10O2Si. The molecule has 0 heterocycles. The van der Waals surface area contributed by atoms with Gasteiger partial charge < -0.3 is 8.85 Å². The second kappa shape index (κ2) is 5.14. The van der Waals surface area contributed by atoms with Crippen molar-refractivity contribution in [2.75, 3.05) is 13.7 Å². The Morgan fingerprint density at radius 3 is 2.50 bits per heavy atom. The minimum Gasteiger partial charge on any atom is -0.402 e. The average Bonchev–Trinajstić information content (AvgIpc) is 1.61. The monoisotopic (exact) mass is 106 g/mol. The van der Waals surface area contributed by atoms with E-state index in [-0.39, 0.29) is 0 Å². The molecule has 0 aliphatic rings. The first-order chi connectivity index (χ1) is 2.91. The van der Waals surface area contributed by atoms with Crippen molar-refractivity contribution in [3.8, 4) is 0 Å². The van der Waals surface area contributed by atoms with Gasteiger partial charge in [0.15, 0.2) is 0 Å². The molecule has 38 valence electrons. The van der Waals surface area contributed by atoms with Crippen LogP contribution in [0.1, 0.15) is 6.92 Å². The molecule has 6 heavy (non-hydrogen) atoms. The second-order valence-electron chi connectivity index (χ2n) is 0.899. The van der Waals surface area contributed by atoms with Gasteiger partial charge in [-0.25, -0.2) is 0 Å². The van der Waals surface area contributed by atoms with Crippen molar-refractivity contribution < 1.29 is 8.85 Å². The Morgan fingerprint density at radius 1 is 1.67 bits per heavy atom. The molecule has 0 amide bonds. The maximum absolute atomic E-state index is 4.90. The van der Waals surface area contributed by atoms with Crippen molar-refractivity contribution in [1.82, 2.24) is 0 Å². The smallest absolute Gasteiger partial charge is 0.304 e. The van der Waals surface area contributed by atoms with Crippen LogP contribution in [0.25, 0.3) is 0 Å². The lowest BCUT2D eigenvalue weighted by Gasteiger charge is -1.92. The molecule has 0 fully saturated rings. The van der Waals surface area contributed by atoms with E-state index < -0.39 is 10.0 Å². The van der Waals surface area contributed by atoms with E-state index in [9.17, 15) is 0 Å². The van der Waals surface area contributed by atoms with Gasteiger partial charge in [0, 0.05) is 13.7 Å². The summed E-state index contributed by atoms with van der Waals surface area (Å²) in [5, 5.41) is 0. The molecule has 0 saturated heterocycles. The molecule has 0 N–H and O–H groups in total. The zero-order valence-electron chi connectivity index (χ0n) is 4.23. The Morgan fingerprint density at radius 2 is 2.33 bits per heavy atom. The van der Waals surface area contributed by atoms with Gasteiger partial charge in [-0.05, 0) is 6.92 Å².